The van der Waals surface area contributed by atoms with Crippen LogP contribution in [0.3, 0.4) is 0 Å². The van der Waals surface area contributed by atoms with Crippen LogP contribution in [0.15, 0.2) is 35.7 Å². The van der Waals surface area contributed by atoms with Crippen LogP contribution in [-0.2, 0) is 35.1 Å². The van der Waals surface area contributed by atoms with Gasteiger partial charge in [0.25, 0.3) is 0 Å². The van der Waals surface area contributed by atoms with Crippen LogP contribution in [0.25, 0.3) is 0 Å². The van der Waals surface area contributed by atoms with E-state index < -0.39 is 23.5 Å². The topological polar surface area (TPSA) is 197 Å². The Kier molecular flexibility index (Phi) is 36.5. The number of nitrogens with zero attached hydrogens (tertiary/aromatic N) is 2. The number of halogens is 1. The Bertz CT molecular complexity index is 1340. The first kappa shape index (κ1) is 60.7. The fourth-order valence-corrected chi connectivity index (χ4v) is 7.29. The molecule has 1 aromatic rings. The lowest BCUT2D eigenvalue weighted by Gasteiger charge is -2.37. The molecule has 1 aliphatic heterocycles. The average molecular weight is 868 g/mol. The third-order valence-corrected chi connectivity index (χ3v) is 11.3. The Morgan fingerprint density at radius 1 is 1.10 bits per heavy atom. The summed E-state index contributed by atoms with van der Waals surface area (Å²) in [4.78, 5) is 58.6. The summed E-state index contributed by atoms with van der Waals surface area (Å²) in [5.41, 5.74) is 8.56. The van der Waals surface area contributed by atoms with E-state index >= 15 is 0 Å². The number of nitrogens with one attached hydrogen (secondary N) is 1. The Labute approximate surface area is 366 Å². The van der Waals surface area contributed by atoms with Crippen molar-refractivity contribution >= 4 is 47.9 Å². The maximum Gasteiger partial charge on any atom is 0.309 e. The zero-order valence-electron chi connectivity index (χ0n) is 38.8. The minimum atomic E-state index is -0.986. The molecule has 1 aromatic carbocycles. The lowest BCUT2D eigenvalue weighted by atomic mass is 9.80. The monoisotopic (exact) mass is 868 g/mol. The molecule has 2 rings (SSSR count). The van der Waals surface area contributed by atoms with Gasteiger partial charge in [-0.05, 0) is 114 Å². The standard InChI is InChI=1S/C36H57FN2O5S.C7H15N.CH3NO.CH5N.CH2O/c1-9-11-12-13-19-39(33(41)21-26(5)10-2)31(25(3)4)23-32(44-27(6)40)34(38)45-20-18-29(24-36(7,8)35(42)43)22-28-14-16-30(37)17-15-28;1-7-5-3-4-6-8(7)2;2-1-3;2*1-2/h14-18,20,25-26,29,31-32,38H,9-13,19,21-24H2,1-8H3,(H,42,43);7H,3-6H2,1-2H3;1H,(H2,2,3);2H2,1H3;1H2/b20-18+,38-34?;;;;/t26-,29?,31?,32?;7-;;;/m00.../s1. The van der Waals surface area contributed by atoms with Crippen LogP contribution >= 0.6 is 11.8 Å². The van der Waals surface area contributed by atoms with Crippen molar-refractivity contribution in [3.05, 3.63) is 47.1 Å². The molecule has 1 fully saturated rings. The van der Waals surface area contributed by atoms with E-state index in [1.165, 1.54) is 51.9 Å². The molecule has 0 spiro atoms. The molecule has 5 atom stereocenters. The molecule has 1 saturated heterocycles. The van der Waals surface area contributed by atoms with Gasteiger partial charge < -0.3 is 35.9 Å². The zero-order valence-corrected chi connectivity index (χ0v) is 39.7. The molecule has 0 bridgehead atoms. The maximum absolute atomic E-state index is 13.6. The number of carboxylic acids is 1. The van der Waals surface area contributed by atoms with Crippen LogP contribution < -0.4 is 11.5 Å². The number of carbonyl (C=O) groups is 5. The maximum atomic E-state index is 13.6. The predicted molar refractivity (Wildman–Crippen MR) is 246 cm³/mol. The molecule has 0 saturated carbocycles. The Hall–Kier alpha value is -3.62. The second kappa shape index (κ2) is 36.1. The third-order valence-electron chi connectivity index (χ3n) is 10.5. The third kappa shape index (κ3) is 28.0. The van der Waals surface area contributed by atoms with Gasteiger partial charge in [0.15, 0.2) is 6.10 Å². The van der Waals surface area contributed by atoms with Crippen LogP contribution in [-0.4, -0.2) is 96.4 Å². The normalized spacial score (nSPS) is 15.7. The van der Waals surface area contributed by atoms with Gasteiger partial charge in [0.2, 0.25) is 12.3 Å². The first-order valence-corrected chi connectivity index (χ1v) is 22.3. The Morgan fingerprint density at radius 2 is 1.68 bits per heavy atom. The van der Waals surface area contributed by atoms with E-state index in [2.05, 4.69) is 65.0 Å². The molecule has 6 N–H and O–H groups in total. The van der Waals surface area contributed by atoms with Crippen LogP contribution in [0.2, 0.25) is 0 Å². The second-order valence-corrected chi connectivity index (χ2v) is 17.2. The number of nitrogens with two attached hydrogens (primary N) is 2. The van der Waals surface area contributed by atoms with Gasteiger partial charge in [-0.1, -0.05) is 96.7 Å². The molecule has 2 amide bonds. The van der Waals surface area contributed by atoms with E-state index in [1.807, 2.05) is 17.8 Å². The highest BCUT2D eigenvalue weighted by molar-refractivity contribution is 8.16. The van der Waals surface area contributed by atoms with Crippen LogP contribution in [0, 0.1) is 34.4 Å². The van der Waals surface area contributed by atoms with Crippen molar-refractivity contribution in [2.24, 2.45) is 34.6 Å². The Balaban J connectivity index is -0.00000184. The van der Waals surface area contributed by atoms with Gasteiger partial charge in [0.1, 0.15) is 17.7 Å². The molecule has 60 heavy (non-hydrogen) atoms. The van der Waals surface area contributed by atoms with E-state index in [9.17, 15) is 23.9 Å². The number of carboxylic acid groups (broad SMARTS) is 1. The first-order valence-electron chi connectivity index (χ1n) is 21.4. The second-order valence-electron chi connectivity index (χ2n) is 16.3. The summed E-state index contributed by atoms with van der Waals surface area (Å²) in [6, 6.07) is 6.79. The van der Waals surface area contributed by atoms with Crippen molar-refractivity contribution in [1.82, 2.24) is 9.80 Å². The van der Waals surface area contributed by atoms with Crippen molar-refractivity contribution in [2.45, 2.75) is 158 Å². The number of ether oxygens (including phenoxy) is 1. The number of rotatable bonds is 21. The summed E-state index contributed by atoms with van der Waals surface area (Å²) in [6.45, 7) is 21.4. The van der Waals surface area contributed by atoms with Crippen molar-refractivity contribution < 1.29 is 38.2 Å². The molecule has 1 heterocycles. The fourth-order valence-electron chi connectivity index (χ4n) is 6.55. The summed E-state index contributed by atoms with van der Waals surface area (Å²) >= 11 is 1.13. The number of likely N-dealkylation sites (tertiary alicyclic amines) is 1. The molecular formula is C46H82FN5O7S. The van der Waals surface area contributed by atoms with Gasteiger partial charge in [0.05, 0.1) is 5.41 Å². The minimum absolute atomic E-state index is 0.0850. The predicted octanol–water partition coefficient (Wildman–Crippen LogP) is 8.88. The summed E-state index contributed by atoms with van der Waals surface area (Å²) in [7, 11) is 3.71. The van der Waals surface area contributed by atoms with Crippen LogP contribution in [0.4, 0.5) is 4.39 Å². The number of thioether (sulfide) groups is 1. The van der Waals surface area contributed by atoms with Gasteiger partial charge in [-0.2, -0.15) is 0 Å². The molecule has 346 valence electrons. The van der Waals surface area contributed by atoms with Gasteiger partial charge in [-0.15, -0.1) is 0 Å². The van der Waals surface area contributed by atoms with Gasteiger partial charge >= 0.3 is 11.9 Å². The number of carbonyl (C=O) groups excluding carboxylic acids is 4. The first-order chi connectivity index (χ1) is 28.3. The van der Waals surface area contributed by atoms with Crippen molar-refractivity contribution in [3.63, 3.8) is 0 Å². The van der Waals surface area contributed by atoms with Crippen LogP contribution in [0.1, 0.15) is 139 Å². The van der Waals surface area contributed by atoms with Crippen molar-refractivity contribution in [2.75, 3.05) is 27.2 Å². The van der Waals surface area contributed by atoms with E-state index in [1.54, 1.807) is 31.4 Å². The summed E-state index contributed by atoms with van der Waals surface area (Å²) in [5.74, 6) is -1.47. The van der Waals surface area contributed by atoms with Gasteiger partial charge in [-0.3, -0.25) is 24.6 Å². The zero-order chi connectivity index (χ0) is 46.8. The highest BCUT2D eigenvalue weighted by Gasteiger charge is 2.33. The number of piperidine rings is 1. The number of aliphatic carboxylic acids is 1. The number of primary amides is 1. The number of hydrogen-bond donors (Lipinski definition) is 4. The van der Waals surface area contributed by atoms with E-state index in [0.717, 1.165) is 55.5 Å². The highest BCUT2D eigenvalue weighted by atomic mass is 32.2. The number of amides is 2. The molecule has 1 aliphatic rings. The lowest BCUT2D eigenvalue weighted by molar-refractivity contribution is -0.148. The number of benzene rings is 1. The van der Waals surface area contributed by atoms with E-state index in [4.69, 9.17) is 19.7 Å². The number of unbranched alkanes of at least 4 members (excludes halogenated alkanes) is 3. The number of esters is 1. The van der Waals surface area contributed by atoms with E-state index in [0.29, 0.717) is 32.2 Å². The largest absolute Gasteiger partial charge is 0.481 e. The SMILES string of the molecule is C=O.CCCCCCN(C(=O)C[C@@H](C)CC)C(CC(OC(C)=O)C(=N)S/C=C/C(Cc1ccc(F)cc1)CC(C)(C)C(=O)O)C(C)C.CN.C[C@H]1CCCCN1C.NC=O. The Morgan fingerprint density at radius 3 is 2.13 bits per heavy atom. The summed E-state index contributed by atoms with van der Waals surface area (Å²) < 4.78 is 19.2. The average Bonchev–Trinajstić information content (AvgIpc) is 3.20. The number of hydrogen-bond acceptors (Lipinski definition) is 10. The molecule has 14 heteroatoms. The number of allylic oxidation sites excluding steroid dienone is 1. The minimum Gasteiger partial charge on any atom is -0.481 e. The van der Waals surface area contributed by atoms with Gasteiger partial charge in [0, 0.05) is 38.4 Å². The molecule has 0 aromatic heterocycles. The summed E-state index contributed by atoms with van der Waals surface area (Å²) in [6.07, 6.45) is 12.2. The lowest BCUT2D eigenvalue weighted by Crippen LogP contribution is -2.47. The quantitative estimate of drug-likeness (QED) is 0.0304. The highest BCUT2D eigenvalue weighted by Crippen LogP contribution is 2.31. The van der Waals surface area contributed by atoms with Crippen molar-refractivity contribution in [3.8, 4) is 0 Å². The molecule has 3 unspecified atom stereocenters. The van der Waals surface area contributed by atoms with Crippen LogP contribution in [0.5, 0.6) is 0 Å². The molecule has 0 aliphatic carbocycles. The fraction of sp³-hybridized carbons (Fsp3) is 0.696. The molecule has 12 nitrogen and oxygen atoms in total. The molecule has 0 radical (unpaired) electrons. The molecular weight excluding hydrogens is 786 g/mol. The summed E-state index contributed by atoms with van der Waals surface area (Å²) in [5, 5.41) is 20.5. The smallest absolute Gasteiger partial charge is 0.309 e. The van der Waals surface area contributed by atoms with Crippen molar-refractivity contribution in [1.29, 1.82) is 5.41 Å². The van der Waals surface area contributed by atoms with E-state index in [-0.39, 0.29) is 47.0 Å². The van der Waals surface area contributed by atoms with Gasteiger partial charge in [-0.25, -0.2) is 4.39 Å².